The van der Waals surface area contributed by atoms with Crippen LogP contribution in [-0.2, 0) is 0 Å². The molecule has 46 heavy (non-hydrogen) atoms. The van der Waals surface area contributed by atoms with Gasteiger partial charge in [-0.15, -0.1) is 0 Å². The first-order valence-electron chi connectivity index (χ1n) is 17.2. The van der Waals surface area contributed by atoms with Crippen LogP contribution in [0.4, 0.5) is 5.82 Å². The molecule has 4 aliphatic rings. The molecule has 3 aromatic carbocycles. The number of hydrogen-bond donors (Lipinski definition) is 3. The van der Waals surface area contributed by atoms with Gasteiger partial charge in [-0.3, -0.25) is 4.90 Å². The third-order valence-corrected chi connectivity index (χ3v) is 11.0. The fraction of sp³-hybridized carbons (Fsp3) is 0.514. The van der Waals surface area contributed by atoms with Crippen LogP contribution >= 0.6 is 0 Å². The van der Waals surface area contributed by atoms with E-state index < -0.39 is 5.60 Å². The minimum Gasteiger partial charge on any atom is -0.508 e. The van der Waals surface area contributed by atoms with Crippen molar-refractivity contribution in [1.82, 2.24) is 25.1 Å². The van der Waals surface area contributed by atoms with Crippen molar-refractivity contribution in [1.29, 1.82) is 0 Å². The van der Waals surface area contributed by atoms with Crippen LogP contribution in [0.2, 0.25) is 0 Å². The Morgan fingerprint density at radius 3 is 2.54 bits per heavy atom. The van der Waals surface area contributed by atoms with E-state index in [4.69, 9.17) is 14.7 Å². The average Bonchev–Trinajstić information content (AvgIpc) is 3.58. The van der Waals surface area contributed by atoms with Crippen LogP contribution in [0.5, 0.6) is 11.8 Å². The molecule has 4 saturated heterocycles. The summed E-state index contributed by atoms with van der Waals surface area (Å²) in [6.45, 7) is 6.10. The Kier molecular flexibility index (Phi) is 7.96. The molecule has 0 amide bonds. The quantitative estimate of drug-likeness (QED) is 0.256. The Morgan fingerprint density at radius 1 is 0.957 bits per heavy atom. The zero-order chi connectivity index (χ0) is 31.3. The van der Waals surface area contributed by atoms with E-state index in [1.54, 1.807) is 0 Å². The zero-order valence-corrected chi connectivity index (χ0v) is 26.9. The standard InChI is InChI=1S/C37H46N6O3/c1-41-17-4-6-27(41)12-18-46-36-39-34-20-26(33-21-30(44)19-25-5-2-3-7-31(25)33)8-11-32(34)35(40-36)43-28-9-10-29(43)23-42(22-28)24-37(45)13-15-38-16-14-37/h2-3,5,7-8,11,19-21,27-29,38,44-45H,4,6,9-10,12-18,22-24H2,1H3/t27-,28?,29?/m0/s1. The number of phenolic OH excluding ortho intramolecular Hbond substituents is 1. The Balaban J connectivity index is 1.13. The number of piperazine rings is 1. The van der Waals surface area contributed by atoms with Gasteiger partial charge in [0.15, 0.2) is 0 Å². The summed E-state index contributed by atoms with van der Waals surface area (Å²) in [4.78, 5) is 17.6. The predicted octanol–water partition coefficient (Wildman–Crippen LogP) is 4.79. The number of fused-ring (bicyclic) bond motifs is 4. The lowest BCUT2D eigenvalue weighted by Crippen LogP contribution is -2.58. The molecule has 8 rings (SSSR count). The molecule has 4 fully saturated rings. The van der Waals surface area contributed by atoms with Gasteiger partial charge in [0.1, 0.15) is 11.6 Å². The van der Waals surface area contributed by atoms with Gasteiger partial charge in [-0.25, -0.2) is 0 Å². The summed E-state index contributed by atoms with van der Waals surface area (Å²) in [6, 6.07) is 19.9. The lowest BCUT2D eigenvalue weighted by Gasteiger charge is -2.45. The molecule has 9 heteroatoms. The van der Waals surface area contributed by atoms with Crippen LogP contribution in [0, 0.1) is 0 Å². The molecule has 3 atom stereocenters. The number of anilines is 1. The molecule has 2 unspecified atom stereocenters. The van der Waals surface area contributed by atoms with Gasteiger partial charge >= 0.3 is 6.01 Å². The molecule has 9 nitrogen and oxygen atoms in total. The van der Waals surface area contributed by atoms with Crippen molar-refractivity contribution in [2.24, 2.45) is 0 Å². The number of nitrogens with one attached hydrogen (secondary N) is 1. The molecule has 4 aromatic rings. The lowest BCUT2D eigenvalue weighted by molar-refractivity contribution is -0.0250. The van der Waals surface area contributed by atoms with Gasteiger partial charge in [-0.1, -0.05) is 30.3 Å². The fourth-order valence-electron chi connectivity index (χ4n) is 8.62. The summed E-state index contributed by atoms with van der Waals surface area (Å²) in [6.07, 6.45) is 7.28. The number of aliphatic hydroxyl groups is 1. The van der Waals surface area contributed by atoms with Crippen LogP contribution < -0.4 is 15.0 Å². The highest BCUT2D eigenvalue weighted by Crippen LogP contribution is 2.41. The van der Waals surface area contributed by atoms with Crippen molar-refractivity contribution in [2.75, 3.05) is 57.8 Å². The fourth-order valence-corrected chi connectivity index (χ4v) is 8.62. The minimum absolute atomic E-state index is 0.252. The van der Waals surface area contributed by atoms with E-state index in [1.165, 1.54) is 12.8 Å². The molecule has 0 aliphatic carbocycles. The highest BCUT2D eigenvalue weighted by atomic mass is 16.5. The van der Waals surface area contributed by atoms with Crippen LogP contribution in [0.15, 0.2) is 54.6 Å². The number of piperidine rings is 1. The maximum absolute atomic E-state index is 11.3. The van der Waals surface area contributed by atoms with Crippen LogP contribution in [-0.4, -0.2) is 107 Å². The van der Waals surface area contributed by atoms with Crippen molar-refractivity contribution in [2.45, 2.75) is 68.7 Å². The molecule has 242 valence electrons. The topological polar surface area (TPSA) is 97.2 Å². The Labute approximate surface area is 271 Å². The number of phenols is 1. The smallest absolute Gasteiger partial charge is 0.318 e. The van der Waals surface area contributed by atoms with E-state index in [0.29, 0.717) is 30.7 Å². The zero-order valence-electron chi connectivity index (χ0n) is 26.9. The molecule has 5 heterocycles. The minimum atomic E-state index is -0.602. The predicted molar refractivity (Wildman–Crippen MR) is 183 cm³/mol. The number of benzene rings is 3. The normalized spacial score (nSPS) is 25.1. The molecular weight excluding hydrogens is 576 g/mol. The van der Waals surface area contributed by atoms with Crippen molar-refractivity contribution >= 4 is 27.5 Å². The van der Waals surface area contributed by atoms with E-state index in [-0.39, 0.29) is 5.75 Å². The molecule has 0 radical (unpaired) electrons. The number of aromatic nitrogens is 2. The van der Waals surface area contributed by atoms with Crippen molar-refractivity contribution in [3.8, 4) is 22.9 Å². The third-order valence-electron chi connectivity index (χ3n) is 11.0. The van der Waals surface area contributed by atoms with E-state index >= 15 is 0 Å². The summed E-state index contributed by atoms with van der Waals surface area (Å²) < 4.78 is 6.35. The second kappa shape index (κ2) is 12.3. The second-order valence-electron chi connectivity index (χ2n) is 14.2. The van der Waals surface area contributed by atoms with Gasteiger partial charge in [-0.05, 0) is 118 Å². The maximum Gasteiger partial charge on any atom is 0.318 e. The van der Waals surface area contributed by atoms with Gasteiger partial charge in [0.2, 0.25) is 0 Å². The van der Waals surface area contributed by atoms with Gasteiger partial charge in [0.05, 0.1) is 17.7 Å². The summed E-state index contributed by atoms with van der Waals surface area (Å²) in [7, 11) is 2.20. The lowest BCUT2D eigenvalue weighted by atomic mass is 9.91. The molecule has 0 saturated carbocycles. The highest BCUT2D eigenvalue weighted by molar-refractivity contribution is 6.01. The first kappa shape index (κ1) is 29.9. The number of ether oxygens (including phenoxy) is 1. The van der Waals surface area contributed by atoms with Gasteiger partial charge in [-0.2, -0.15) is 9.97 Å². The number of rotatable bonds is 8. The van der Waals surface area contributed by atoms with Crippen LogP contribution in [0.1, 0.15) is 44.9 Å². The van der Waals surface area contributed by atoms with Crippen LogP contribution in [0.3, 0.4) is 0 Å². The number of aromatic hydroxyl groups is 1. The number of nitrogens with zero attached hydrogens (tertiary/aromatic N) is 5. The Bertz CT molecular complexity index is 1710. The average molecular weight is 623 g/mol. The first-order chi connectivity index (χ1) is 22.4. The molecular formula is C37H46N6O3. The van der Waals surface area contributed by atoms with E-state index in [2.05, 4.69) is 51.3 Å². The summed E-state index contributed by atoms with van der Waals surface area (Å²) >= 11 is 0. The second-order valence-corrected chi connectivity index (χ2v) is 14.2. The summed E-state index contributed by atoms with van der Waals surface area (Å²) in [5.74, 6) is 1.21. The number of likely N-dealkylation sites (tertiary alicyclic amines) is 2. The molecule has 4 aliphatic heterocycles. The molecule has 0 spiro atoms. The monoisotopic (exact) mass is 622 g/mol. The van der Waals surface area contributed by atoms with Gasteiger partial charge in [0, 0.05) is 43.1 Å². The number of β-amino-alcohol motifs (C(OH)–C–C–N with tert-alkyl or cyclic N) is 1. The van der Waals surface area contributed by atoms with Crippen molar-refractivity contribution in [3.63, 3.8) is 0 Å². The molecule has 1 aromatic heterocycles. The largest absolute Gasteiger partial charge is 0.508 e. The molecule has 2 bridgehead atoms. The molecule has 3 N–H and O–H groups in total. The highest BCUT2D eigenvalue weighted by Gasteiger charge is 2.43. The van der Waals surface area contributed by atoms with Crippen LogP contribution in [0.25, 0.3) is 32.8 Å². The third kappa shape index (κ3) is 5.79. The first-order valence-corrected chi connectivity index (χ1v) is 17.2. The van der Waals surface area contributed by atoms with E-state index in [9.17, 15) is 10.2 Å². The summed E-state index contributed by atoms with van der Waals surface area (Å²) in [5.41, 5.74) is 2.24. The maximum atomic E-state index is 11.3. The van der Waals surface area contributed by atoms with Gasteiger partial charge in [0.25, 0.3) is 0 Å². The Morgan fingerprint density at radius 2 is 1.76 bits per heavy atom. The SMILES string of the molecule is CN1CCC[C@H]1CCOc1nc(N2C3CCC2CN(CC2(O)CCNCC2)C3)c2ccc(-c3cc(O)cc4ccccc34)cc2n1. The Hall–Kier alpha value is -3.50. The number of hydrogen-bond acceptors (Lipinski definition) is 9. The van der Waals surface area contributed by atoms with E-state index in [1.807, 2.05) is 30.3 Å². The van der Waals surface area contributed by atoms with Crippen molar-refractivity contribution < 1.29 is 14.9 Å². The summed E-state index contributed by atoms with van der Waals surface area (Å²) in [5, 5.41) is 28.4. The van der Waals surface area contributed by atoms with Gasteiger partial charge < -0.3 is 30.1 Å². The van der Waals surface area contributed by atoms with E-state index in [0.717, 1.165) is 110 Å². The van der Waals surface area contributed by atoms with Crippen molar-refractivity contribution in [3.05, 3.63) is 54.6 Å².